The molecule has 0 radical (unpaired) electrons. The summed E-state index contributed by atoms with van der Waals surface area (Å²) < 4.78 is 0. The van der Waals surface area contributed by atoms with E-state index in [0.29, 0.717) is 10.0 Å². The maximum absolute atomic E-state index is 11.3. The highest BCUT2D eigenvalue weighted by molar-refractivity contribution is 6.30. The largest absolute Gasteiger partial charge is 0.384 e. The van der Waals surface area contributed by atoms with Crippen LogP contribution in [0.3, 0.4) is 0 Å². The maximum Gasteiger partial charge on any atom is 0.105 e. The number of nitrogens with zero attached hydrogens (tertiary/aromatic N) is 2. The van der Waals surface area contributed by atoms with Crippen LogP contribution in [0, 0.1) is 0 Å². The third-order valence-corrected chi connectivity index (χ3v) is 5.68. The van der Waals surface area contributed by atoms with E-state index in [0.717, 1.165) is 34.5 Å². The lowest BCUT2D eigenvalue weighted by Crippen LogP contribution is -2.15. The summed E-state index contributed by atoms with van der Waals surface area (Å²) in [7, 11) is 2.05. The Bertz CT molecular complexity index is 985. The van der Waals surface area contributed by atoms with Gasteiger partial charge in [-0.25, -0.2) is 0 Å². The highest BCUT2D eigenvalue weighted by atomic mass is 35.5. The van der Waals surface area contributed by atoms with Crippen molar-refractivity contribution in [1.82, 2.24) is 9.88 Å². The molecule has 1 aromatic heterocycles. The van der Waals surface area contributed by atoms with Gasteiger partial charge < -0.3 is 10.0 Å². The molecule has 1 N–H and O–H groups in total. The Morgan fingerprint density at radius 2 is 1.64 bits per heavy atom. The summed E-state index contributed by atoms with van der Waals surface area (Å²) >= 11 is 12.2. The Kier molecular flexibility index (Phi) is 5.40. The van der Waals surface area contributed by atoms with Crippen molar-refractivity contribution in [2.75, 3.05) is 13.6 Å². The summed E-state index contributed by atoms with van der Waals surface area (Å²) in [6.45, 7) is 0.770. The second-order valence-electron chi connectivity index (χ2n) is 6.98. The molecular weight excluding hydrogens is 391 g/mol. The van der Waals surface area contributed by atoms with Gasteiger partial charge in [-0.2, -0.15) is 0 Å². The van der Waals surface area contributed by atoms with E-state index in [1.165, 1.54) is 0 Å². The van der Waals surface area contributed by atoms with Crippen LogP contribution in [-0.4, -0.2) is 28.6 Å². The van der Waals surface area contributed by atoms with E-state index in [2.05, 4.69) is 16.9 Å². The van der Waals surface area contributed by atoms with E-state index < -0.39 is 6.10 Å². The zero-order chi connectivity index (χ0) is 19.7. The van der Waals surface area contributed by atoms with Gasteiger partial charge >= 0.3 is 0 Å². The van der Waals surface area contributed by atoms with Crippen molar-refractivity contribution in [3.63, 3.8) is 0 Å². The molecule has 2 unspecified atom stereocenters. The first kappa shape index (κ1) is 19.0. The molecule has 3 aromatic rings. The second kappa shape index (κ2) is 7.96. The second-order valence-corrected chi connectivity index (χ2v) is 7.86. The molecule has 0 fully saturated rings. The lowest BCUT2D eigenvalue weighted by Gasteiger charge is -2.21. The van der Waals surface area contributed by atoms with Gasteiger partial charge in [0.15, 0.2) is 0 Å². The number of halogens is 2. The van der Waals surface area contributed by atoms with Gasteiger partial charge in [-0.3, -0.25) is 4.98 Å². The molecule has 28 heavy (non-hydrogen) atoms. The quantitative estimate of drug-likeness (QED) is 0.611. The fourth-order valence-electron chi connectivity index (χ4n) is 3.86. The van der Waals surface area contributed by atoms with Gasteiger partial charge in [0, 0.05) is 53.2 Å². The van der Waals surface area contributed by atoms with E-state index in [-0.39, 0.29) is 5.92 Å². The highest BCUT2D eigenvalue weighted by Gasteiger charge is 2.35. The summed E-state index contributed by atoms with van der Waals surface area (Å²) in [5.74, 6) is 0.0446. The molecule has 142 valence electrons. The number of benzene rings is 2. The molecule has 5 heteroatoms. The SMILES string of the molecule is CN1CC(c2ccc(Cl)cc2)C(C(O)c2cccnc2)=C1c1ccc(Cl)cc1. The molecule has 2 heterocycles. The summed E-state index contributed by atoms with van der Waals surface area (Å²) in [6.07, 6.45) is 2.67. The van der Waals surface area contributed by atoms with Crippen LogP contribution in [0.5, 0.6) is 0 Å². The minimum absolute atomic E-state index is 0.0446. The first-order valence-electron chi connectivity index (χ1n) is 9.09. The van der Waals surface area contributed by atoms with E-state index in [1.807, 2.05) is 60.7 Å². The van der Waals surface area contributed by atoms with E-state index >= 15 is 0 Å². The molecular formula is C23H20Cl2N2O. The van der Waals surface area contributed by atoms with Crippen LogP contribution in [0.25, 0.3) is 5.70 Å². The molecule has 3 nitrogen and oxygen atoms in total. The Labute approximate surface area is 174 Å². The highest BCUT2D eigenvalue weighted by Crippen LogP contribution is 2.45. The third kappa shape index (κ3) is 3.66. The number of aliphatic hydroxyl groups excluding tert-OH is 1. The van der Waals surface area contributed by atoms with Crippen LogP contribution in [0.15, 0.2) is 78.6 Å². The Morgan fingerprint density at radius 1 is 1.00 bits per heavy atom. The smallest absolute Gasteiger partial charge is 0.105 e. The van der Waals surface area contributed by atoms with Crippen LogP contribution >= 0.6 is 23.2 Å². The lowest BCUT2D eigenvalue weighted by atomic mass is 9.86. The third-order valence-electron chi connectivity index (χ3n) is 5.17. The topological polar surface area (TPSA) is 36.4 Å². The van der Waals surface area contributed by atoms with Crippen molar-refractivity contribution < 1.29 is 5.11 Å². The van der Waals surface area contributed by atoms with Gasteiger partial charge in [-0.1, -0.05) is 53.5 Å². The monoisotopic (exact) mass is 410 g/mol. The van der Waals surface area contributed by atoms with Crippen LogP contribution in [0.1, 0.15) is 28.7 Å². The van der Waals surface area contributed by atoms with Crippen LogP contribution < -0.4 is 0 Å². The van der Waals surface area contributed by atoms with E-state index in [1.54, 1.807) is 12.4 Å². The predicted molar refractivity (Wildman–Crippen MR) is 114 cm³/mol. The fourth-order valence-corrected chi connectivity index (χ4v) is 4.11. The van der Waals surface area contributed by atoms with E-state index in [9.17, 15) is 5.11 Å². The molecule has 0 amide bonds. The minimum Gasteiger partial charge on any atom is -0.384 e. The van der Waals surface area contributed by atoms with Crippen molar-refractivity contribution >= 4 is 28.9 Å². The van der Waals surface area contributed by atoms with Gasteiger partial charge in [-0.15, -0.1) is 0 Å². The number of pyridine rings is 1. The Hall–Kier alpha value is -2.33. The van der Waals surface area contributed by atoms with Gasteiger partial charge in [0.25, 0.3) is 0 Å². The molecule has 0 spiro atoms. The number of likely N-dealkylation sites (N-methyl/N-ethyl adjacent to an activating group) is 1. The molecule has 0 aliphatic carbocycles. The van der Waals surface area contributed by atoms with Gasteiger partial charge in [-0.05, 0) is 47.0 Å². The molecule has 0 bridgehead atoms. The molecule has 2 atom stereocenters. The number of aromatic nitrogens is 1. The maximum atomic E-state index is 11.3. The van der Waals surface area contributed by atoms with Crippen LogP contribution in [0.4, 0.5) is 0 Å². The first-order valence-corrected chi connectivity index (χ1v) is 9.85. The summed E-state index contributed by atoms with van der Waals surface area (Å²) in [6, 6.07) is 19.3. The standard InChI is InChI=1S/C23H20Cl2N2O/c1-27-14-20(15-4-8-18(24)9-5-15)21(23(28)17-3-2-12-26-13-17)22(27)16-6-10-19(25)11-7-16/h2-13,20,23,28H,14H2,1H3. The summed E-state index contributed by atoms with van der Waals surface area (Å²) in [5, 5.41) is 12.7. The van der Waals surface area contributed by atoms with Crippen molar-refractivity contribution in [1.29, 1.82) is 0 Å². The molecule has 1 aliphatic heterocycles. The van der Waals surface area contributed by atoms with Gasteiger partial charge in [0.05, 0.1) is 0 Å². The molecule has 2 aromatic carbocycles. The summed E-state index contributed by atoms with van der Waals surface area (Å²) in [5.41, 5.74) is 4.91. The molecule has 1 aliphatic rings. The Morgan fingerprint density at radius 3 is 2.25 bits per heavy atom. The molecule has 4 rings (SSSR count). The average Bonchev–Trinajstić information content (AvgIpc) is 3.06. The number of hydrogen-bond acceptors (Lipinski definition) is 3. The van der Waals surface area contributed by atoms with Crippen LogP contribution in [0.2, 0.25) is 10.0 Å². The number of rotatable bonds is 4. The lowest BCUT2D eigenvalue weighted by molar-refractivity contribution is 0.210. The number of aliphatic hydroxyl groups is 1. The zero-order valence-corrected chi connectivity index (χ0v) is 16.9. The predicted octanol–water partition coefficient (Wildman–Crippen LogP) is 5.56. The van der Waals surface area contributed by atoms with Gasteiger partial charge in [0.1, 0.15) is 6.10 Å². The number of hydrogen-bond donors (Lipinski definition) is 1. The van der Waals surface area contributed by atoms with Gasteiger partial charge in [0.2, 0.25) is 0 Å². The fraction of sp³-hybridized carbons (Fsp3) is 0.174. The zero-order valence-electron chi connectivity index (χ0n) is 15.4. The van der Waals surface area contributed by atoms with Crippen LogP contribution in [-0.2, 0) is 0 Å². The first-order chi connectivity index (χ1) is 13.5. The average molecular weight is 411 g/mol. The normalized spacial score (nSPS) is 17.9. The van der Waals surface area contributed by atoms with E-state index in [4.69, 9.17) is 23.2 Å². The minimum atomic E-state index is -0.759. The molecule has 0 saturated carbocycles. The summed E-state index contributed by atoms with van der Waals surface area (Å²) in [4.78, 5) is 6.38. The van der Waals surface area contributed by atoms with Crippen molar-refractivity contribution in [2.45, 2.75) is 12.0 Å². The van der Waals surface area contributed by atoms with Crippen molar-refractivity contribution in [2.24, 2.45) is 0 Å². The molecule has 0 saturated heterocycles. The Balaban J connectivity index is 1.87. The van der Waals surface area contributed by atoms with Crippen molar-refractivity contribution in [3.8, 4) is 0 Å². The van der Waals surface area contributed by atoms with Crippen molar-refractivity contribution in [3.05, 3.63) is 105 Å².